The van der Waals surface area contributed by atoms with Crippen molar-refractivity contribution in [2.75, 3.05) is 41.0 Å². The van der Waals surface area contributed by atoms with E-state index in [2.05, 4.69) is 29.4 Å². The van der Waals surface area contributed by atoms with Crippen LogP contribution in [0.2, 0.25) is 0 Å². The molecule has 3 rings (SSSR count). The standard InChI is InChI=1S/C22H33N3O4S/c1-13(2)24-22(30)25-11-16(17(12-25)21(26)23-10-14-6-7-14)15-8-18(27-3)20(29-5)19(9-15)28-4/h8-9,13-14,16-17H,6-7,10-12H2,1-5H3,(H,23,26)(H,24,30)/t16-,17+/m1/s1. The molecular weight excluding hydrogens is 402 g/mol. The molecule has 166 valence electrons. The van der Waals surface area contributed by atoms with E-state index in [-0.39, 0.29) is 23.8 Å². The minimum Gasteiger partial charge on any atom is -0.493 e. The van der Waals surface area contributed by atoms with Gasteiger partial charge in [0.25, 0.3) is 0 Å². The van der Waals surface area contributed by atoms with Crippen LogP contribution in [0.15, 0.2) is 12.1 Å². The average molecular weight is 436 g/mol. The maximum atomic E-state index is 13.1. The molecule has 1 amide bonds. The molecule has 0 aromatic heterocycles. The van der Waals surface area contributed by atoms with Gasteiger partial charge in [0.2, 0.25) is 11.7 Å². The molecule has 8 heteroatoms. The molecule has 2 fully saturated rings. The lowest BCUT2D eigenvalue weighted by molar-refractivity contribution is -0.125. The summed E-state index contributed by atoms with van der Waals surface area (Å²) in [5.74, 6) is 2.19. The van der Waals surface area contributed by atoms with Crippen LogP contribution in [0.25, 0.3) is 0 Å². The van der Waals surface area contributed by atoms with E-state index in [1.54, 1.807) is 21.3 Å². The fourth-order valence-electron chi connectivity index (χ4n) is 3.92. The van der Waals surface area contributed by atoms with E-state index in [1.165, 1.54) is 12.8 Å². The molecule has 0 spiro atoms. The highest BCUT2D eigenvalue weighted by Gasteiger charge is 2.40. The average Bonchev–Trinajstić information content (AvgIpc) is 3.45. The van der Waals surface area contributed by atoms with Crippen LogP contribution in [0.3, 0.4) is 0 Å². The zero-order chi connectivity index (χ0) is 21.8. The van der Waals surface area contributed by atoms with Crippen LogP contribution >= 0.6 is 12.2 Å². The number of thiocarbonyl (C=S) groups is 1. The molecule has 0 unspecified atom stereocenters. The number of amides is 1. The van der Waals surface area contributed by atoms with E-state index in [1.807, 2.05) is 12.1 Å². The number of ether oxygens (including phenoxy) is 3. The van der Waals surface area contributed by atoms with Crippen molar-refractivity contribution in [3.63, 3.8) is 0 Å². The molecule has 2 atom stereocenters. The fraction of sp³-hybridized carbons (Fsp3) is 0.636. The third-order valence-electron chi connectivity index (χ3n) is 5.73. The van der Waals surface area contributed by atoms with Crippen molar-refractivity contribution < 1.29 is 19.0 Å². The minimum atomic E-state index is -0.210. The third kappa shape index (κ3) is 5.09. The number of carbonyl (C=O) groups is 1. The Morgan fingerprint density at radius 1 is 1.13 bits per heavy atom. The van der Waals surface area contributed by atoms with Gasteiger partial charge in [-0.25, -0.2) is 0 Å². The van der Waals surface area contributed by atoms with Crippen LogP contribution in [0.4, 0.5) is 0 Å². The normalized spacial score (nSPS) is 20.8. The summed E-state index contributed by atoms with van der Waals surface area (Å²) in [4.78, 5) is 15.2. The summed E-state index contributed by atoms with van der Waals surface area (Å²) in [6.45, 7) is 6.10. The van der Waals surface area contributed by atoms with Crippen LogP contribution in [0, 0.1) is 11.8 Å². The third-order valence-corrected chi connectivity index (χ3v) is 6.11. The zero-order valence-electron chi connectivity index (χ0n) is 18.5. The number of hydrogen-bond donors (Lipinski definition) is 2. The predicted octanol–water partition coefficient (Wildman–Crippen LogP) is 2.54. The number of rotatable bonds is 8. The topological polar surface area (TPSA) is 72.1 Å². The molecule has 1 heterocycles. The van der Waals surface area contributed by atoms with Crippen molar-refractivity contribution >= 4 is 23.2 Å². The number of carbonyl (C=O) groups excluding carboxylic acids is 1. The predicted molar refractivity (Wildman–Crippen MR) is 121 cm³/mol. The summed E-state index contributed by atoms with van der Waals surface area (Å²) >= 11 is 5.60. The summed E-state index contributed by atoms with van der Waals surface area (Å²) in [6, 6.07) is 4.12. The molecule has 1 saturated carbocycles. The first-order chi connectivity index (χ1) is 14.4. The van der Waals surface area contributed by atoms with E-state index in [4.69, 9.17) is 26.4 Å². The highest BCUT2D eigenvalue weighted by Crippen LogP contribution is 2.43. The minimum absolute atomic E-state index is 0.0372. The van der Waals surface area contributed by atoms with E-state index in [0.717, 1.165) is 12.1 Å². The van der Waals surface area contributed by atoms with Crippen molar-refractivity contribution in [3.8, 4) is 17.2 Å². The molecule has 7 nitrogen and oxygen atoms in total. The first-order valence-electron chi connectivity index (χ1n) is 10.5. The lowest BCUT2D eigenvalue weighted by Crippen LogP contribution is -2.42. The Bertz CT molecular complexity index is 757. The Morgan fingerprint density at radius 3 is 2.27 bits per heavy atom. The molecule has 1 aliphatic carbocycles. The van der Waals surface area contributed by atoms with Crippen LogP contribution in [0.5, 0.6) is 17.2 Å². The SMILES string of the molecule is COc1cc([C@H]2CN(C(=S)NC(C)C)C[C@@H]2C(=O)NCC2CC2)cc(OC)c1OC. The van der Waals surface area contributed by atoms with Crippen LogP contribution in [-0.2, 0) is 4.79 Å². The number of likely N-dealkylation sites (tertiary alicyclic amines) is 1. The highest BCUT2D eigenvalue weighted by molar-refractivity contribution is 7.80. The van der Waals surface area contributed by atoms with Gasteiger partial charge in [0, 0.05) is 31.6 Å². The highest BCUT2D eigenvalue weighted by atomic mass is 32.1. The second kappa shape index (κ2) is 9.73. The molecule has 0 radical (unpaired) electrons. The van der Waals surface area contributed by atoms with E-state index >= 15 is 0 Å². The maximum absolute atomic E-state index is 13.1. The first kappa shape index (κ1) is 22.5. The number of benzene rings is 1. The van der Waals surface area contributed by atoms with Gasteiger partial charge in [0.15, 0.2) is 16.6 Å². The van der Waals surface area contributed by atoms with Gasteiger partial charge in [-0.3, -0.25) is 4.79 Å². The molecule has 2 N–H and O–H groups in total. The molecule has 1 saturated heterocycles. The van der Waals surface area contributed by atoms with Crippen molar-refractivity contribution in [1.29, 1.82) is 0 Å². The number of nitrogens with zero attached hydrogens (tertiary/aromatic N) is 1. The summed E-state index contributed by atoms with van der Waals surface area (Å²) < 4.78 is 16.5. The summed E-state index contributed by atoms with van der Waals surface area (Å²) in [5.41, 5.74) is 0.978. The Labute approximate surface area is 184 Å². The lowest BCUT2D eigenvalue weighted by atomic mass is 9.88. The van der Waals surface area contributed by atoms with Crippen LogP contribution < -0.4 is 24.8 Å². The molecule has 2 aliphatic rings. The Kier molecular flexibility index (Phi) is 7.28. The van der Waals surface area contributed by atoms with Crippen molar-refractivity contribution in [3.05, 3.63) is 17.7 Å². The second-order valence-corrected chi connectivity index (χ2v) is 8.76. The molecule has 1 aromatic carbocycles. The Hall–Kier alpha value is -2.22. The van der Waals surface area contributed by atoms with Gasteiger partial charge in [-0.05, 0) is 62.5 Å². The van der Waals surface area contributed by atoms with Gasteiger partial charge in [0.05, 0.1) is 27.2 Å². The Balaban J connectivity index is 1.89. The largest absolute Gasteiger partial charge is 0.493 e. The number of hydrogen-bond acceptors (Lipinski definition) is 5. The Morgan fingerprint density at radius 2 is 1.77 bits per heavy atom. The number of nitrogens with one attached hydrogen (secondary N) is 2. The zero-order valence-corrected chi connectivity index (χ0v) is 19.3. The van der Waals surface area contributed by atoms with Gasteiger partial charge in [-0.2, -0.15) is 0 Å². The van der Waals surface area contributed by atoms with Crippen molar-refractivity contribution in [2.24, 2.45) is 11.8 Å². The monoisotopic (exact) mass is 435 g/mol. The van der Waals surface area contributed by atoms with E-state index < -0.39 is 0 Å². The summed E-state index contributed by atoms with van der Waals surface area (Å²) in [5, 5.41) is 7.13. The first-order valence-corrected chi connectivity index (χ1v) is 10.9. The number of methoxy groups -OCH3 is 3. The fourth-order valence-corrected chi connectivity index (χ4v) is 4.31. The lowest BCUT2D eigenvalue weighted by Gasteiger charge is -2.22. The second-order valence-electron chi connectivity index (χ2n) is 8.37. The van der Waals surface area contributed by atoms with Crippen LogP contribution in [0.1, 0.15) is 38.2 Å². The molecule has 0 bridgehead atoms. The molecule has 1 aromatic rings. The molecule has 30 heavy (non-hydrogen) atoms. The van der Waals surface area contributed by atoms with Gasteiger partial charge in [-0.1, -0.05) is 0 Å². The van der Waals surface area contributed by atoms with Gasteiger partial charge in [-0.15, -0.1) is 0 Å². The van der Waals surface area contributed by atoms with Crippen molar-refractivity contribution in [2.45, 2.75) is 38.6 Å². The van der Waals surface area contributed by atoms with E-state index in [9.17, 15) is 4.79 Å². The smallest absolute Gasteiger partial charge is 0.225 e. The van der Waals surface area contributed by atoms with Gasteiger partial charge in [0.1, 0.15) is 0 Å². The molecular formula is C22H33N3O4S. The van der Waals surface area contributed by atoms with Gasteiger partial charge >= 0.3 is 0 Å². The summed E-state index contributed by atoms with van der Waals surface area (Å²) in [6.07, 6.45) is 2.41. The maximum Gasteiger partial charge on any atom is 0.225 e. The summed E-state index contributed by atoms with van der Waals surface area (Å²) in [7, 11) is 4.79. The van der Waals surface area contributed by atoms with E-state index in [0.29, 0.717) is 41.4 Å². The quantitative estimate of drug-likeness (QED) is 0.608. The van der Waals surface area contributed by atoms with Crippen molar-refractivity contribution in [1.82, 2.24) is 15.5 Å². The van der Waals surface area contributed by atoms with Crippen LogP contribution in [-0.4, -0.2) is 62.9 Å². The molecule has 1 aliphatic heterocycles. The van der Waals surface area contributed by atoms with Gasteiger partial charge < -0.3 is 29.7 Å².